The number of nitrogens with zero attached hydrogens (tertiary/aromatic N) is 2. The molecule has 1 unspecified atom stereocenters. The lowest BCUT2D eigenvalue weighted by Crippen LogP contribution is -2.30. The summed E-state index contributed by atoms with van der Waals surface area (Å²) in [5, 5.41) is 0.503. The Bertz CT molecular complexity index is 809. The van der Waals surface area contributed by atoms with E-state index in [1.165, 1.54) is 4.31 Å². The smallest absolute Gasteiger partial charge is 0.253 e. The number of hydrogen-bond donors (Lipinski definition) is 0. The van der Waals surface area contributed by atoms with Crippen molar-refractivity contribution in [1.82, 2.24) is 4.90 Å². The lowest BCUT2D eigenvalue weighted by Gasteiger charge is -2.28. The van der Waals surface area contributed by atoms with Gasteiger partial charge >= 0.3 is 0 Å². The van der Waals surface area contributed by atoms with Crippen molar-refractivity contribution in [2.45, 2.75) is 27.3 Å². The zero-order valence-corrected chi connectivity index (χ0v) is 16.6. The minimum atomic E-state index is -2.47. The summed E-state index contributed by atoms with van der Waals surface area (Å²) in [5.41, 5.74) is 2.48. The maximum absolute atomic E-state index is 12.5. The van der Waals surface area contributed by atoms with Crippen LogP contribution in [0.15, 0.2) is 42.5 Å². The predicted molar refractivity (Wildman–Crippen MR) is 105 cm³/mol. The summed E-state index contributed by atoms with van der Waals surface area (Å²) in [4.78, 5) is 14.2. The molecule has 0 aliphatic rings. The minimum Gasteiger partial charge on any atom is -0.755 e. The maximum atomic E-state index is 12.5. The van der Waals surface area contributed by atoms with Gasteiger partial charge in [0.25, 0.3) is 5.91 Å². The lowest BCUT2D eigenvalue weighted by atomic mass is 10.1. The highest BCUT2D eigenvalue weighted by atomic mass is 35.5. The van der Waals surface area contributed by atoms with Crippen molar-refractivity contribution >= 4 is 34.5 Å². The van der Waals surface area contributed by atoms with Crippen LogP contribution in [0.5, 0.6) is 0 Å². The molecule has 140 valence electrons. The third-order valence-electron chi connectivity index (χ3n) is 4.24. The van der Waals surface area contributed by atoms with Crippen LogP contribution in [0.4, 0.5) is 5.69 Å². The second-order valence-corrected chi connectivity index (χ2v) is 7.10. The number of anilines is 1. The first-order valence-electron chi connectivity index (χ1n) is 8.39. The highest BCUT2D eigenvalue weighted by molar-refractivity contribution is 7.80. The standard InChI is InChI=1S/C19H23ClN2O3S/c1-4-21(5-2)19(23)16-9-6-8-15(12-16)13-22(26(24)25)18-11-7-10-17(20)14(18)3/h6-12H,4-5,13H2,1-3H3,(H,24,25)/p-1. The molecule has 5 nitrogen and oxygen atoms in total. The summed E-state index contributed by atoms with van der Waals surface area (Å²) in [6.45, 7) is 7.00. The molecule has 0 bridgehead atoms. The fourth-order valence-corrected chi connectivity index (χ4v) is 3.53. The van der Waals surface area contributed by atoms with Crippen LogP contribution >= 0.6 is 11.6 Å². The van der Waals surface area contributed by atoms with E-state index in [9.17, 15) is 13.6 Å². The van der Waals surface area contributed by atoms with Crippen molar-refractivity contribution in [3.05, 3.63) is 64.2 Å². The number of amides is 1. The monoisotopic (exact) mass is 393 g/mol. The van der Waals surface area contributed by atoms with Crippen LogP contribution in [-0.4, -0.2) is 32.7 Å². The molecule has 7 heteroatoms. The molecular weight excluding hydrogens is 372 g/mol. The molecule has 0 spiro atoms. The molecule has 0 saturated heterocycles. The van der Waals surface area contributed by atoms with Gasteiger partial charge in [-0.15, -0.1) is 0 Å². The second kappa shape index (κ2) is 9.16. The summed E-state index contributed by atoms with van der Waals surface area (Å²) < 4.78 is 24.8. The number of hydrogen-bond acceptors (Lipinski definition) is 3. The van der Waals surface area contributed by atoms with E-state index in [0.717, 1.165) is 5.56 Å². The van der Waals surface area contributed by atoms with Crippen LogP contribution in [0.25, 0.3) is 0 Å². The third-order valence-corrected chi connectivity index (χ3v) is 5.33. The average molecular weight is 394 g/mol. The van der Waals surface area contributed by atoms with Crippen LogP contribution in [0.3, 0.4) is 0 Å². The van der Waals surface area contributed by atoms with Crippen molar-refractivity contribution in [3.8, 4) is 0 Å². The fourth-order valence-electron chi connectivity index (χ4n) is 2.75. The van der Waals surface area contributed by atoms with Gasteiger partial charge in [0.1, 0.15) is 0 Å². The molecule has 26 heavy (non-hydrogen) atoms. The molecule has 0 aliphatic carbocycles. The summed E-state index contributed by atoms with van der Waals surface area (Å²) in [6, 6.07) is 12.2. The molecule has 2 rings (SSSR count). The highest BCUT2D eigenvalue weighted by Gasteiger charge is 2.16. The van der Waals surface area contributed by atoms with Gasteiger partial charge in [-0.2, -0.15) is 0 Å². The van der Waals surface area contributed by atoms with E-state index in [4.69, 9.17) is 11.6 Å². The van der Waals surface area contributed by atoms with Gasteiger partial charge in [0.05, 0.1) is 12.2 Å². The number of halogens is 1. The van der Waals surface area contributed by atoms with Crippen molar-refractivity contribution < 1.29 is 13.6 Å². The van der Waals surface area contributed by atoms with E-state index >= 15 is 0 Å². The van der Waals surface area contributed by atoms with Crippen molar-refractivity contribution in [2.24, 2.45) is 0 Å². The molecule has 0 saturated carbocycles. The summed E-state index contributed by atoms with van der Waals surface area (Å²) in [7, 11) is 0. The molecule has 1 atom stereocenters. The Morgan fingerprint density at radius 1 is 1.15 bits per heavy atom. The van der Waals surface area contributed by atoms with E-state index in [2.05, 4.69) is 0 Å². The van der Waals surface area contributed by atoms with Gasteiger partial charge in [-0.05, 0) is 56.2 Å². The van der Waals surface area contributed by atoms with Crippen molar-refractivity contribution in [1.29, 1.82) is 0 Å². The molecule has 2 aromatic rings. The van der Waals surface area contributed by atoms with E-state index < -0.39 is 11.3 Å². The van der Waals surface area contributed by atoms with Gasteiger partial charge in [0, 0.05) is 34.9 Å². The first-order valence-corrected chi connectivity index (χ1v) is 9.80. The number of rotatable bonds is 7. The molecule has 0 N–H and O–H groups in total. The topological polar surface area (TPSA) is 63.7 Å². The molecule has 0 heterocycles. The normalized spacial score (nSPS) is 11.9. The quantitative estimate of drug-likeness (QED) is 0.669. The van der Waals surface area contributed by atoms with Gasteiger partial charge in [-0.3, -0.25) is 13.3 Å². The zero-order chi connectivity index (χ0) is 19.3. The van der Waals surface area contributed by atoms with Gasteiger partial charge in [0.15, 0.2) is 0 Å². The molecule has 1 amide bonds. The van der Waals surface area contributed by atoms with Crippen LogP contribution in [0.1, 0.15) is 35.3 Å². The zero-order valence-electron chi connectivity index (χ0n) is 15.1. The largest absolute Gasteiger partial charge is 0.755 e. The summed E-state index contributed by atoms with van der Waals surface area (Å²) in [6.07, 6.45) is 0. The first-order chi connectivity index (χ1) is 12.4. The number of carbonyl (C=O) groups is 1. The van der Waals surface area contributed by atoms with Crippen LogP contribution in [0, 0.1) is 6.92 Å². The third kappa shape index (κ3) is 4.63. The van der Waals surface area contributed by atoms with Crippen molar-refractivity contribution in [2.75, 3.05) is 17.4 Å². The van der Waals surface area contributed by atoms with E-state index in [1.54, 1.807) is 54.3 Å². The Labute approximate surface area is 162 Å². The van der Waals surface area contributed by atoms with E-state index in [0.29, 0.717) is 34.9 Å². The van der Waals surface area contributed by atoms with Gasteiger partial charge in [-0.1, -0.05) is 29.8 Å². The van der Waals surface area contributed by atoms with E-state index in [1.807, 2.05) is 13.8 Å². The fraction of sp³-hybridized carbons (Fsp3) is 0.316. The SMILES string of the molecule is CCN(CC)C(=O)c1cccc(CN(c2cccc(Cl)c2C)S(=O)[O-])c1. The van der Waals surface area contributed by atoms with Crippen LogP contribution < -0.4 is 4.31 Å². The average Bonchev–Trinajstić information content (AvgIpc) is 2.63. The highest BCUT2D eigenvalue weighted by Crippen LogP contribution is 2.28. The molecule has 0 radical (unpaired) electrons. The molecular formula is C19H22ClN2O3S-. The summed E-state index contributed by atoms with van der Waals surface area (Å²) >= 11 is 3.65. The second-order valence-electron chi connectivity index (χ2n) is 5.82. The lowest BCUT2D eigenvalue weighted by molar-refractivity contribution is 0.0773. The Balaban J connectivity index is 2.33. The Hall–Kier alpha value is -1.89. The Kier molecular flexibility index (Phi) is 7.20. The molecule has 0 aliphatic heterocycles. The summed E-state index contributed by atoms with van der Waals surface area (Å²) in [5.74, 6) is -0.0643. The molecule has 0 aromatic heterocycles. The number of benzene rings is 2. The van der Waals surface area contributed by atoms with Gasteiger partial charge in [0.2, 0.25) is 0 Å². The van der Waals surface area contributed by atoms with Gasteiger partial charge < -0.3 is 9.45 Å². The first kappa shape index (κ1) is 20.4. The van der Waals surface area contributed by atoms with Crippen LogP contribution in [-0.2, 0) is 17.8 Å². The minimum absolute atomic E-state index is 0.0643. The maximum Gasteiger partial charge on any atom is 0.253 e. The van der Waals surface area contributed by atoms with E-state index in [-0.39, 0.29) is 12.5 Å². The molecule has 0 fully saturated rings. The molecule has 2 aromatic carbocycles. The number of carbonyl (C=O) groups excluding carboxylic acids is 1. The Morgan fingerprint density at radius 2 is 1.81 bits per heavy atom. The van der Waals surface area contributed by atoms with Gasteiger partial charge in [-0.25, -0.2) is 0 Å². The van der Waals surface area contributed by atoms with Crippen LogP contribution in [0.2, 0.25) is 5.02 Å². The predicted octanol–water partition coefficient (Wildman–Crippen LogP) is 3.93. The van der Waals surface area contributed by atoms with Crippen molar-refractivity contribution in [3.63, 3.8) is 0 Å². The Morgan fingerprint density at radius 3 is 2.42 bits per heavy atom.